The summed E-state index contributed by atoms with van der Waals surface area (Å²) in [5, 5.41) is 6.34. The Morgan fingerprint density at radius 3 is 2.93 bits per heavy atom. The number of fused-ring (bicyclic) bond motifs is 1. The number of anilines is 2. The van der Waals surface area contributed by atoms with Gasteiger partial charge in [0.25, 0.3) is 0 Å². The van der Waals surface area contributed by atoms with Crippen molar-refractivity contribution >= 4 is 35.4 Å². The van der Waals surface area contributed by atoms with Crippen LogP contribution < -0.4 is 15.5 Å². The van der Waals surface area contributed by atoms with Gasteiger partial charge in [0.2, 0.25) is 11.9 Å². The van der Waals surface area contributed by atoms with Crippen molar-refractivity contribution < 1.29 is 19.1 Å². The van der Waals surface area contributed by atoms with E-state index in [0.717, 1.165) is 19.3 Å². The third kappa shape index (κ3) is 4.11. The molecule has 0 bridgehead atoms. The number of methoxy groups -OCH3 is 1. The Kier molecular flexibility index (Phi) is 5.78. The van der Waals surface area contributed by atoms with E-state index in [1.807, 2.05) is 6.92 Å². The summed E-state index contributed by atoms with van der Waals surface area (Å²) in [6.45, 7) is 2.75. The van der Waals surface area contributed by atoms with Gasteiger partial charge in [0, 0.05) is 25.4 Å². The molecule has 1 aromatic heterocycles. The van der Waals surface area contributed by atoms with Crippen molar-refractivity contribution in [2.45, 2.75) is 49.8 Å². The lowest BCUT2D eigenvalue weighted by molar-refractivity contribution is -0.131. The van der Waals surface area contributed by atoms with Crippen LogP contribution >= 0.6 is 11.6 Å². The summed E-state index contributed by atoms with van der Waals surface area (Å²) >= 11 is 6.47. The fourth-order valence-corrected chi connectivity index (χ4v) is 4.94. The Morgan fingerprint density at radius 1 is 1.38 bits per heavy atom. The average molecular weight is 424 g/mol. The van der Waals surface area contributed by atoms with Crippen LogP contribution in [-0.2, 0) is 14.3 Å². The van der Waals surface area contributed by atoms with E-state index >= 15 is 0 Å². The Morgan fingerprint density at radius 2 is 2.21 bits per heavy atom. The number of hydrogen-bond acceptors (Lipinski definition) is 7. The summed E-state index contributed by atoms with van der Waals surface area (Å²) in [5.41, 5.74) is 0. The van der Waals surface area contributed by atoms with Crippen LogP contribution in [0.2, 0.25) is 0 Å². The summed E-state index contributed by atoms with van der Waals surface area (Å²) in [4.78, 5) is 34.6. The molecule has 158 valence electrons. The van der Waals surface area contributed by atoms with Gasteiger partial charge >= 0.3 is 6.09 Å². The SMILES string of the molecule is COC1CC2NC(=O)C([C@H](C)Nc3nccc(N4CCOC4=O)n3)CC2CC1Cl. The highest BCUT2D eigenvalue weighted by Crippen LogP contribution is 2.38. The highest BCUT2D eigenvalue weighted by Gasteiger charge is 2.44. The Hall–Kier alpha value is -2.13. The molecule has 2 aliphatic heterocycles. The zero-order chi connectivity index (χ0) is 20.5. The van der Waals surface area contributed by atoms with Crippen molar-refractivity contribution in [3.8, 4) is 0 Å². The van der Waals surface area contributed by atoms with Gasteiger partial charge in [-0.3, -0.25) is 9.69 Å². The summed E-state index contributed by atoms with van der Waals surface area (Å²) in [7, 11) is 1.66. The van der Waals surface area contributed by atoms with Gasteiger partial charge in [-0.25, -0.2) is 9.78 Å². The van der Waals surface area contributed by atoms with Crippen LogP contribution in [0.5, 0.6) is 0 Å². The number of nitrogens with zero attached hydrogens (tertiary/aromatic N) is 3. The van der Waals surface area contributed by atoms with Crippen LogP contribution in [0.3, 0.4) is 0 Å². The van der Waals surface area contributed by atoms with Crippen LogP contribution in [0.1, 0.15) is 26.2 Å². The van der Waals surface area contributed by atoms with E-state index in [-0.39, 0.29) is 35.4 Å². The molecule has 3 heterocycles. The molecule has 29 heavy (non-hydrogen) atoms. The van der Waals surface area contributed by atoms with Crippen molar-refractivity contribution in [2.24, 2.45) is 11.8 Å². The number of alkyl halides is 1. The van der Waals surface area contributed by atoms with E-state index < -0.39 is 6.09 Å². The van der Waals surface area contributed by atoms with E-state index in [9.17, 15) is 9.59 Å². The monoisotopic (exact) mass is 423 g/mol. The minimum atomic E-state index is -0.414. The molecule has 2 N–H and O–H groups in total. The molecule has 4 rings (SSSR count). The number of ether oxygens (including phenoxy) is 2. The number of hydrogen-bond donors (Lipinski definition) is 2. The van der Waals surface area contributed by atoms with Crippen LogP contribution in [-0.4, -0.2) is 65.8 Å². The first-order valence-corrected chi connectivity index (χ1v) is 10.4. The van der Waals surface area contributed by atoms with Crippen molar-refractivity contribution in [3.63, 3.8) is 0 Å². The summed E-state index contributed by atoms with van der Waals surface area (Å²) < 4.78 is 10.4. The predicted molar refractivity (Wildman–Crippen MR) is 107 cm³/mol. The van der Waals surface area contributed by atoms with Crippen molar-refractivity contribution in [3.05, 3.63) is 12.3 Å². The molecule has 0 radical (unpaired) electrons. The first-order chi connectivity index (χ1) is 14.0. The fourth-order valence-electron chi connectivity index (χ4n) is 4.51. The lowest BCUT2D eigenvalue weighted by Crippen LogP contribution is -2.57. The second kappa shape index (κ2) is 8.31. The molecule has 6 atom stereocenters. The topological polar surface area (TPSA) is 106 Å². The highest BCUT2D eigenvalue weighted by atomic mass is 35.5. The maximum atomic E-state index is 12.7. The molecule has 2 saturated heterocycles. The van der Waals surface area contributed by atoms with E-state index in [4.69, 9.17) is 21.1 Å². The van der Waals surface area contributed by atoms with E-state index in [1.165, 1.54) is 4.90 Å². The van der Waals surface area contributed by atoms with Gasteiger partial charge in [-0.2, -0.15) is 4.98 Å². The van der Waals surface area contributed by atoms with Crippen molar-refractivity contribution in [1.82, 2.24) is 15.3 Å². The molecule has 5 unspecified atom stereocenters. The van der Waals surface area contributed by atoms with Crippen molar-refractivity contribution in [1.29, 1.82) is 0 Å². The molecule has 1 aromatic rings. The smallest absolute Gasteiger partial charge is 0.415 e. The Bertz CT molecular complexity index is 781. The predicted octanol–water partition coefficient (Wildman–Crippen LogP) is 1.77. The van der Waals surface area contributed by atoms with Crippen LogP contribution in [0.15, 0.2) is 12.3 Å². The number of aromatic nitrogens is 2. The zero-order valence-corrected chi connectivity index (χ0v) is 17.3. The quantitative estimate of drug-likeness (QED) is 0.695. The van der Waals surface area contributed by atoms with Crippen molar-refractivity contribution in [2.75, 3.05) is 30.5 Å². The normalized spacial score (nSPS) is 32.9. The third-order valence-electron chi connectivity index (χ3n) is 6.15. The summed E-state index contributed by atoms with van der Waals surface area (Å²) in [5.74, 6) is 0.982. The molecular formula is C19H26ClN5O4. The minimum Gasteiger partial charge on any atom is -0.447 e. The van der Waals surface area contributed by atoms with E-state index in [1.54, 1.807) is 19.4 Å². The Balaban J connectivity index is 1.42. The minimum absolute atomic E-state index is 0.0217. The van der Waals surface area contributed by atoms with Gasteiger partial charge in [0.05, 0.1) is 23.9 Å². The molecule has 3 aliphatic rings. The third-order valence-corrected chi connectivity index (χ3v) is 6.61. The number of amides is 2. The number of nitrogens with one attached hydrogen (secondary N) is 2. The zero-order valence-electron chi connectivity index (χ0n) is 16.5. The van der Waals surface area contributed by atoms with Crippen LogP contribution in [0.25, 0.3) is 0 Å². The van der Waals surface area contributed by atoms with E-state index in [2.05, 4.69) is 20.6 Å². The lowest BCUT2D eigenvalue weighted by atomic mass is 9.73. The van der Waals surface area contributed by atoms with Crippen LogP contribution in [0.4, 0.5) is 16.6 Å². The second-order valence-electron chi connectivity index (χ2n) is 7.92. The molecule has 0 spiro atoms. The van der Waals surface area contributed by atoms with Gasteiger partial charge in [-0.05, 0) is 38.2 Å². The maximum Gasteiger partial charge on any atom is 0.415 e. The molecule has 10 heteroatoms. The molecule has 1 saturated carbocycles. The van der Waals surface area contributed by atoms with Gasteiger partial charge in [-0.15, -0.1) is 11.6 Å². The molecule has 9 nitrogen and oxygen atoms in total. The summed E-state index contributed by atoms with van der Waals surface area (Å²) in [6, 6.07) is 1.59. The lowest BCUT2D eigenvalue weighted by Gasteiger charge is -2.44. The number of carbonyl (C=O) groups excluding carboxylic acids is 2. The number of rotatable bonds is 5. The molecule has 0 aromatic carbocycles. The number of cyclic esters (lactones) is 1. The number of piperidine rings is 1. The van der Waals surface area contributed by atoms with Crippen LogP contribution in [0, 0.1) is 11.8 Å². The molecular weight excluding hydrogens is 398 g/mol. The highest BCUT2D eigenvalue weighted by molar-refractivity contribution is 6.21. The van der Waals surface area contributed by atoms with E-state index in [0.29, 0.717) is 30.8 Å². The summed E-state index contributed by atoms with van der Waals surface area (Å²) in [6.07, 6.45) is 3.46. The first-order valence-electron chi connectivity index (χ1n) is 9.97. The molecule has 2 amide bonds. The largest absolute Gasteiger partial charge is 0.447 e. The Labute approximate surface area is 174 Å². The van der Waals surface area contributed by atoms with Gasteiger partial charge in [0.1, 0.15) is 12.4 Å². The molecule has 1 aliphatic carbocycles. The average Bonchev–Trinajstić information content (AvgIpc) is 3.13. The number of halogens is 1. The fraction of sp³-hybridized carbons (Fsp3) is 0.684. The standard InChI is InChI=1S/C19H26ClN5O4/c1-10(22-18-21-4-3-16(24-18)25-5-6-29-19(25)27)12-7-11-8-13(20)15(28-2)9-14(11)23-17(12)26/h3-4,10-15H,5-9H2,1-2H3,(H,23,26)(H,21,22,24)/t10-,11?,12?,13?,14?,15?/m0/s1. The van der Waals surface area contributed by atoms with Gasteiger partial charge in [-0.1, -0.05) is 0 Å². The first kappa shape index (κ1) is 20.2. The second-order valence-corrected chi connectivity index (χ2v) is 8.48. The molecule has 3 fully saturated rings. The van der Waals surface area contributed by atoms with Gasteiger partial charge < -0.3 is 20.1 Å². The number of carbonyl (C=O) groups is 2. The van der Waals surface area contributed by atoms with Gasteiger partial charge in [0.15, 0.2) is 0 Å². The maximum absolute atomic E-state index is 12.7.